The Hall–Kier alpha value is -2.56. The zero-order chi connectivity index (χ0) is 17.6. The molecule has 1 aromatic carbocycles. The third-order valence-electron chi connectivity index (χ3n) is 5.41. The predicted molar refractivity (Wildman–Crippen MR) is 91.4 cm³/mol. The van der Waals surface area contributed by atoms with Gasteiger partial charge in [0, 0.05) is 30.0 Å². The molecular weight excluding hydrogens is 319 g/mol. The average Bonchev–Trinajstić information content (AvgIpc) is 2.98. The van der Waals surface area contributed by atoms with Crippen LogP contribution in [0.3, 0.4) is 0 Å². The number of piperidine rings is 1. The highest BCUT2D eigenvalue weighted by Crippen LogP contribution is 2.38. The number of aromatic nitrogens is 1. The highest BCUT2D eigenvalue weighted by atomic mass is 19.1. The maximum absolute atomic E-state index is 13.1. The Morgan fingerprint density at radius 3 is 2.68 bits per heavy atom. The van der Waals surface area contributed by atoms with Crippen LogP contribution in [0.15, 0.2) is 42.5 Å². The molecule has 0 spiro atoms. The molecule has 2 aromatic rings. The molecule has 0 aliphatic carbocycles. The third-order valence-corrected chi connectivity index (χ3v) is 5.41. The van der Waals surface area contributed by atoms with Gasteiger partial charge in [-0.1, -0.05) is 13.0 Å². The Morgan fingerprint density at radius 1 is 1.16 bits per heavy atom. The van der Waals surface area contributed by atoms with Crippen molar-refractivity contribution in [1.82, 2.24) is 9.88 Å². The maximum Gasteiger partial charge on any atom is 0.273 e. The Labute approximate surface area is 145 Å². The van der Waals surface area contributed by atoms with Crippen LogP contribution in [0, 0.1) is 11.7 Å². The van der Waals surface area contributed by atoms with Crippen molar-refractivity contribution in [3.05, 3.63) is 54.0 Å². The van der Waals surface area contributed by atoms with E-state index >= 15 is 0 Å². The van der Waals surface area contributed by atoms with E-state index in [9.17, 15) is 14.0 Å². The number of fused-ring (bicyclic) bond motifs is 2. The third kappa shape index (κ3) is 2.73. The summed E-state index contributed by atoms with van der Waals surface area (Å²) in [6, 6.07) is 11.3. The monoisotopic (exact) mass is 338 g/mol. The molecular formula is C20H19FN2O2. The normalized spacial score (nSPS) is 25.3. The van der Waals surface area contributed by atoms with Crippen molar-refractivity contribution >= 4 is 11.7 Å². The Kier molecular flexibility index (Phi) is 3.86. The molecule has 4 rings (SSSR count). The van der Waals surface area contributed by atoms with E-state index in [0.29, 0.717) is 17.8 Å². The van der Waals surface area contributed by atoms with Crippen LogP contribution in [-0.2, 0) is 4.79 Å². The topological polar surface area (TPSA) is 50.3 Å². The summed E-state index contributed by atoms with van der Waals surface area (Å²) in [5.41, 5.74) is 1.78. The van der Waals surface area contributed by atoms with E-state index in [1.165, 1.54) is 12.1 Å². The molecule has 0 saturated carbocycles. The van der Waals surface area contributed by atoms with E-state index in [0.717, 1.165) is 18.4 Å². The van der Waals surface area contributed by atoms with Crippen molar-refractivity contribution in [3.8, 4) is 11.3 Å². The summed E-state index contributed by atoms with van der Waals surface area (Å²) in [6.07, 6.45) is 2.20. The van der Waals surface area contributed by atoms with Crippen LogP contribution >= 0.6 is 0 Å². The van der Waals surface area contributed by atoms with Crippen molar-refractivity contribution in [2.45, 2.75) is 38.3 Å². The summed E-state index contributed by atoms with van der Waals surface area (Å²) in [5, 5.41) is 0. The van der Waals surface area contributed by atoms with Crippen LogP contribution in [0.1, 0.15) is 36.7 Å². The fraction of sp³-hybridized carbons (Fsp3) is 0.350. The molecule has 3 unspecified atom stereocenters. The average molecular weight is 338 g/mol. The number of hydrogen-bond donors (Lipinski definition) is 0. The second-order valence-electron chi connectivity index (χ2n) is 6.89. The molecule has 2 aliphatic rings. The van der Waals surface area contributed by atoms with Gasteiger partial charge in [-0.2, -0.15) is 0 Å². The lowest BCUT2D eigenvalue weighted by molar-refractivity contribution is -0.127. The number of hydrogen-bond acceptors (Lipinski definition) is 3. The van der Waals surface area contributed by atoms with E-state index in [2.05, 4.69) is 4.98 Å². The van der Waals surface area contributed by atoms with Crippen molar-refractivity contribution in [1.29, 1.82) is 0 Å². The van der Waals surface area contributed by atoms with Crippen LogP contribution in [-0.4, -0.2) is 33.7 Å². The van der Waals surface area contributed by atoms with Gasteiger partial charge in [-0.15, -0.1) is 0 Å². The van der Waals surface area contributed by atoms with Gasteiger partial charge in [0.15, 0.2) is 0 Å². The highest BCUT2D eigenvalue weighted by molar-refractivity contribution is 5.95. The zero-order valence-electron chi connectivity index (χ0n) is 14.0. The van der Waals surface area contributed by atoms with Gasteiger partial charge < -0.3 is 4.90 Å². The minimum absolute atomic E-state index is 0.00234. The molecule has 128 valence electrons. The first kappa shape index (κ1) is 15.9. The number of amides is 1. The van der Waals surface area contributed by atoms with Crippen LogP contribution in [0.5, 0.6) is 0 Å². The summed E-state index contributed by atoms with van der Waals surface area (Å²) in [7, 11) is 0. The summed E-state index contributed by atoms with van der Waals surface area (Å²) < 4.78 is 13.1. The summed E-state index contributed by atoms with van der Waals surface area (Å²) >= 11 is 0. The van der Waals surface area contributed by atoms with Crippen molar-refractivity contribution < 1.29 is 14.0 Å². The smallest absolute Gasteiger partial charge is 0.273 e. The SMILES string of the molecule is CC1C(=O)CC2CCC1N2C(=O)c1cccc(-c2ccc(F)cc2)n1. The van der Waals surface area contributed by atoms with E-state index in [1.54, 1.807) is 30.3 Å². The van der Waals surface area contributed by atoms with Gasteiger partial charge in [0.2, 0.25) is 0 Å². The quantitative estimate of drug-likeness (QED) is 0.842. The maximum atomic E-state index is 13.1. The number of carbonyl (C=O) groups is 2. The van der Waals surface area contributed by atoms with Gasteiger partial charge in [-0.05, 0) is 49.2 Å². The van der Waals surface area contributed by atoms with Gasteiger partial charge in [-0.3, -0.25) is 9.59 Å². The second kappa shape index (κ2) is 6.06. The molecule has 1 aromatic heterocycles. The summed E-state index contributed by atoms with van der Waals surface area (Å²) in [5.74, 6) is -0.275. The minimum Gasteiger partial charge on any atom is -0.330 e. The molecule has 0 N–H and O–H groups in total. The second-order valence-corrected chi connectivity index (χ2v) is 6.89. The van der Waals surface area contributed by atoms with Gasteiger partial charge in [0.25, 0.3) is 5.91 Å². The van der Waals surface area contributed by atoms with Crippen molar-refractivity contribution in [3.63, 3.8) is 0 Å². The number of halogens is 1. The first-order chi connectivity index (χ1) is 12.0. The standard InChI is InChI=1S/C20H19FN2O2/c1-12-18-10-9-15(11-19(12)24)23(18)20(25)17-4-2-3-16(22-17)13-5-7-14(21)8-6-13/h2-8,12,15,18H,9-11H2,1H3. The predicted octanol–water partition coefficient (Wildman–Crippen LogP) is 3.47. The van der Waals surface area contributed by atoms with Crippen LogP contribution in [0.25, 0.3) is 11.3 Å². The van der Waals surface area contributed by atoms with Crippen LogP contribution in [0.4, 0.5) is 4.39 Å². The Balaban J connectivity index is 1.64. The van der Waals surface area contributed by atoms with Gasteiger partial charge >= 0.3 is 0 Å². The molecule has 2 fully saturated rings. The van der Waals surface area contributed by atoms with Crippen molar-refractivity contribution in [2.75, 3.05) is 0 Å². The number of ketones is 1. The van der Waals surface area contributed by atoms with E-state index in [1.807, 2.05) is 11.8 Å². The molecule has 3 atom stereocenters. The lowest BCUT2D eigenvalue weighted by Crippen LogP contribution is -2.51. The largest absolute Gasteiger partial charge is 0.330 e. The van der Waals surface area contributed by atoms with Crippen LogP contribution < -0.4 is 0 Å². The number of pyridine rings is 1. The number of nitrogens with zero attached hydrogens (tertiary/aromatic N) is 2. The summed E-state index contributed by atoms with van der Waals surface area (Å²) in [6.45, 7) is 1.91. The molecule has 25 heavy (non-hydrogen) atoms. The Morgan fingerprint density at radius 2 is 1.92 bits per heavy atom. The van der Waals surface area contributed by atoms with Gasteiger partial charge in [0.1, 0.15) is 17.3 Å². The van der Waals surface area contributed by atoms with Gasteiger partial charge in [0.05, 0.1) is 5.69 Å². The number of carbonyl (C=O) groups excluding carboxylic acids is 2. The first-order valence-electron chi connectivity index (χ1n) is 8.63. The summed E-state index contributed by atoms with van der Waals surface area (Å²) in [4.78, 5) is 31.4. The molecule has 4 nitrogen and oxygen atoms in total. The molecule has 5 heteroatoms. The van der Waals surface area contributed by atoms with E-state index in [-0.39, 0.29) is 35.5 Å². The fourth-order valence-electron chi connectivity index (χ4n) is 4.02. The molecule has 2 saturated heterocycles. The number of rotatable bonds is 2. The molecule has 1 amide bonds. The van der Waals surface area contributed by atoms with Crippen molar-refractivity contribution in [2.24, 2.45) is 5.92 Å². The lowest BCUT2D eigenvalue weighted by Gasteiger charge is -2.37. The molecule has 3 heterocycles. The minimum atomic E-state index is -0.306. The van der Waals surface area contributed by atoms with E-state index in [4.69, 9.17) is 0 Å². The number of benzene rings is 1. The fourth-order valence-corrected chi connectivity index (χ4v) is 4.02. The molecule has 2 aliphatic heterocycles. The highest BCUT2D eigenvalue weighted by Gasteiger charge is 2.47. The number of Topliss-reactive ketones (excluding diaryl/α,β-unsaturated/α-hetero) is 1. The Bertz CT molecular complexity index is 834. The first-order valence-corrected chi connectivity index (χ1v) is 8.63. The molecule has 0 radical (unpaired) electrons. The molecule has 2 bridgehead atoms. The van der Waals surface area contributed by atoms with Gasteiger partial charge in [-0.25, -0.2) is 9.37 Å². The van der Waals surface area contributed by atoms with Crippen LogP contribution in [0.2, 0.25) is 0 Å². The van der Waals surface area contributed by atoms with E-state index < -0.39 is 0 Å². The lowest BCUT2D eigenvalue weighted by atomic mass is 9.90. The zero-order valence-corrected chi connectivity index (χ0v) is 14.0.